The molecule has 82 valence electrons. The number of ether oxygens (including phenoxy) is 1. The van der Waals surface area contributed by atoms with E-state index in [1.807, 2.05) is 0 Å². The number of piperidine rings is 1. The van der Waals surface area contributed by atoms with Gasteiger partial charge in [-0.15, -0.1) is 0 Å². The molecule has 0 bridgehead atoms. The molecule has 0 aliphatic carbocycles. The first kappa shape index (κ1) is 10.8. The van der Waals surface area contributed by atoms with E-state index in [0.717, 1.165) is 24.9 Å². The lowest BCUT2D eigenvalue weighted by atomic mass is 9.68. The van der Waals surface area contributed by atoms with Gasteiger partial charge in [-0.05, 0) is 51.1 Å². The average molecular weight is 215 g/mol. The molecule has 0 unspecified atom stereocenters. The summed E-state index contributed by atoms with van der Waals surface area (Å²) < 4.78 is 5.42. The molecule has 14 heavy (non-hydrogen) atoms. The number of rotatable bonds is 3. The second kappa shape index (κ2) is 4.42. The van der Waals surface area contributed by atoms with Crippen molar-refractivity contribution in [2.45, 2.75) is 19.3 Å². The number of hydrogen-bond donors (Lipinski definition) is 1. The van der Waals surface area contributed by atoms with Gasteiger partial charge in [0, 0.05) is 5.41 Å². The molecule has 2 heterocycles. The number of nitrogens with zero attached hydrogens (tertiary/aromatic N) is 1. The van der Waals surface area contributed by atoms with Crippen LogP contribution in [-0.2, 0) is 4.74 Å². The van der Waals surface area contributed by atoms with Gasteiger partial charge >= 0.3 is 0 Å². The molecule has 2 aliphatic heterocycles. The Morgan fingerprint density at radius 1 is 1.36 bits per heavy atom. The van der Waals surface area contributed by atoms with Crippen LogP contribution in [-0.4, -0.2) is 44.0 Å². The van der Waals surface area contributed by atoms with E-state index in [1.54, 1.807) is 0 Å². The third-order valence-electron chi connectivity index (χ3n) is 3.97. The van der Waals surface area contributed by atoms with Crippen LogP contribution in [0.5, 0.6) is 0 Å². The van der Waals surface area contributed by atoms with Gasteiger partial charge in [-0.25, -0.2) is 0 Å². The smallest absolute Gasteiger partial charge is 0.0547 e. The lowest BCUT2D eigenvalue weighted by Crippen LogP contribution is -2.51. The van der Waals surface area contributed by atoms with Crippen molar-refractivity contribution in [1.82, 2.24) is 4.90 Å². The molecule has 0 N–H and O–H groups in total. The van der Waals surface area contributed by atoms with Gasteiger partial charge in [0.05, 0.1) is 13.2 Å². The van der Waals surface area contributed by atoms with Crippen molar-refractivity contribution in [2.24, 2.45) is 11.3 Å². The van der Waals surface area contributed by atoms with Crippen molar-refractivity contribution in [3.8, 4) is 0 Å². The first-order valence-corrected chi connectivity index (χ1v) is 6.27. The minimum atomic E-state index is 0.503. The van der Waals surface area contributed by atoms with E-state index >= 15 is 0 Å². The summed E-state index contributed by atoms with van der Waals surface area (Å²) in [4.78, 5) is 2.43. The molecule has 0 radical (unpaired) electrons. The number of thiol groups is 1. The Balaban J connectivity index is 1.91. The van der Waals surface area contributed by atoms with Gasteiger partial charge in [0.15, 0.2) is 0 Å². The SMILES string of the molecule is CN1CCC(C2(CCS)COC2)CC1. The molecule has 2 saturated heterocycles. The van der Waals surface area contributed by atoms with Crippen LogP contribution in [0.1, 0.15) is 19.3 Å². The highest BCUT2D eigenvalue weighted by Gasteiger charge is 2.45. The van der Waals surface area contributed by atoms with Crippen molar-refractivity contribution in [3.05, 3.63) is 0 Å². The predicted molar refractivity (Wildman–Crippen MR) is 61.9 cm³/mol. The van der Waals surface area contributed by atoms with Crippen LogP contribution in [0, 0.1) is 11.3 Å². The van der Waals surface area contributed by atoms with Crippen LogP contribution in [0.25, 0.3) is 0 Å². The molecule has 0 aromatic rings. The van der Waals surface area contributed by atoms with Crippen LogP contribution >= 0.6 is 12.6 Å². The van der Waals surface area contributed by atoms with Crippen LogP contribution in [0.3, 0.4) is 0 Å². The summed E-state index contributed by atoms with van der Waals surface area (Å²) in [7, 11) is 2.22. The molecule has 0 aromatic heterocycles. The van der Waals surface area contributed by atoms with E-state index in [0.29, 0.717) is 5.41 Å². The Bertz CT molecular complexity index is 186. The molecule has 0 saturated carbocycles. The molecule has 2 nitrogen and oxygen atoms in total. The number of hydrogen-bond acceptors (Lipinski definition) is 3. The molecule has 0 spiro atoms. The Kier molecular flexibility index (Phi) is 3.40. The van der Waals surface area contributed by atoms with E-state index in [9.17, 15) is 0 Å². The maximum atomic E-state index is 5.42. The van der Waals surface area contributed by atoms with Crippen molar-refractivity contribution < 1.29 is 4.74 Å². The summed E-state index contributed by atoms with van der Waals surface area (Å²) in [6.45, 7) is 4.50. The van der Waals surface area contributed by atoms with Gasteiger partial charge in [0.2, 0.25) is 0 Å². The summed E-state index contributed by atoms with van der Waals surface area (Å²) in [5.74, 6) is 1.90. The largest absolute Gasteiger partial charge is 0.380 e. The zero-order chi connectivity index (χ0) is 10.0. The maximum absolute atomic E-state index is 5.42. The second-order valence-corrected chi connectivity index (χ2v) is 5.35. The van der Waals surface area contributed by atoms with Crippen LogP contribution < -0.4 is 0 Å². The zero-order valence-corrected chi connectivity index (χ0v) is 9.93. The van der Waals surface area contributed by atoms with Crippen LogP contribution in [0.15, 0.2) is 0 Å². The maximum Gasteiger partial charge on any atom is 0.0547 e. The first-order chi connectivity index (χ1) is 6.77. The standard InChI is InChI=1S/C11H21NOS/c1-12-5-2-10(3-6-12)11(4-7-14)8-13-9-11/h10,14H,2-9H2,1H3. The lowest BCUT2D eigenvalue weighted by Gasteiger charge is -2.49. The zero-order valence-electron chi connectivity index (χ0n) is 9.04. The summed E-state index contributed by atoms with van der Waals surface area (Å²) in [6, 6.07) is 0. The van der Waals surface area contributed by atoms with Crippen LogP contribution in [0.4, 0.5) is 0 Å². The van der Waals surface area contributed by atoms with Crippen molar-refractivity contribution in [2.75, 3.05) is 39.1 Å². The van der Waals surface area contributed by atoms with Gasteiger partial charge in [-0.2, -0.15) is 12.6 Å². The van der Waals surface area contributed by atoms with Crippen LogP contribution in [0.2, 0.25) is 0 Å². The quantitative estimate of drug-likeness (QED) is 0.719. The highest BCUT2D eigenvalue weighted by molar-refractivity contribution is 7.80. The molecule has 2 aliphatic rings. The van der Waals surface area contributed by atoms with Gasteiger partial charge in [-0.3, -0.25) is 0 Å². The van der Waals surface area contributed by atoms with Gasteiger partial charge in [-0.1, -0.05) is 0 Å². The van der Waals surface area contributed by atoms with Crippen molar-refractivity contribution in [3.63, 3.8) is 0 Å². The number of likely N-dealkylation sites (tertiary alicyclic amines) is 1. The van der Waals surface area contributed by atoms with E-state index in [1.165, 1.54) is 32.4 Å². The molecule has 0 aromatic carbocycles. The molecular weight excluding hydrogens is 194 g/mol. The highest BCUT2D eigenvalue weighted by Crippen LogP contribution is 2.44. The normalized spacial score (nSPS) is 28.7. The van der Waals surface area contributed by atoms with Gasteiger partial charge in [0.1, 0.15) is 0 Å². The fourth-order valence-corrected chi connectivity index (χ4v) is 3.24. The Morgan fingerprint density at radius 3 is 2.43 bits per heavy atom. The fraction of sp³-hybridized carbons (Fsp3) is 1.00. The molecule has 0 atom stereocenters. The minimum absolute atomic E-state index is 0.503. The topological polar surface area (TPSA) is 12.5 Å². The average Bonchev–Trinajstić information content (AvgIpc) is 2.13. The van der Waals surface area contributed by atoms with E-state index in [4.69, 9.17) is 4.74 Å². The molecular formula is C11H21NOS. The Hall–Kier alpha value is 0.270. The first-order valence-electron chi connectivity index (χ1n) is 5.64. The highest BCUT2D eigenvalue weighted by atomic mass is 32.1. The third-order valence-corrected chi connectivity index (χ3v) is 4.20. The summed E-state index contributed by atoms with van der Waals surface area (Å²) in [6.07, 6.45) is 3.95. The van der Waals surface area contributed by atoms with E-state index in [-0.39, 0.29) is 0 Å². The fourth-order valence-electron chi connectivity index (χ4n) is 2.79. The molecule has 3 heteroatoms. The molecule has 2 rings (SSSR count). The monoisotopic (exact) mass is 215 g/mol. The van der Waals surface area contributed by atoms with Crippen molar-refractivity contribution >= 4 is 12.6 Å². The molecule has 2 fully saturated rings. The Morgan fingerprint density at radius 2 is 2.00 bits per heavy atom. The van der Waals surface area contributed by atoms with Crippen molar-refractivity contribution in [1.29, 1.82) is 0 Å². The van der Waals surface area contributed by atoms with E-state index in [2.05, 4.69) is 24.6 Å². The van der Waals surface area contributed by atoms with Gasteiger partial charge < -0.3 is 9.64 Å². The lowest BCUT2D eigenvalue weighted by molar-refractivity contribution is -0.156. The summed E-state index contributed by atoms with van der Waals surface area (Å²) >= 11 is 4.37. The van der Waals surface area contributed by atoms with Gasteiger partial charge in [0.25, 0.3) is 0 Å². The predicted octanol–water partition coefficient (Wildman–Crippen LogP) is 1.66. The summed E-state index contributed by atoms with van der Waals surface area (Å²) in [5, 5.41) is 0. The molecule has 0 amide bonds. The summed E-state index contributed by atoms with van der Waals surface area (Å²) in [5.41, 5.74) is 0.503. The third kappa shape index (κ3) is 1.95. The van der Waals surface area contributed by atoms with E-state index < -0.39 is 0 Å². The minimum Gasteiger partial charge on any atom is -0.380 e. The Labute approximate surface area is 92.4 Å². The second-order valence-electron chi connectivity index (χ2n) is 4.91.